The van der Waals surface area contributed by atoms with Crippen LogP contribution in [0, 0.1) is 5.41 Å². The van der Waals surface area contributed by atoms with Gasteiger partial charge >= 0.3 is 0 Å². The van der Waals surface area contributed by atoms with Crippen molar-refractivity contribution >= 4 is 11.6 Å². The summed E-state index contributed by atoms with van der Waals surface area (Å²) < 4.78 is 0. The van der Waals surface area contributed by atoms with Gasteiger partial charge in [-0.2, -0.15) is 0 Å². The number of carbonyl (C=O) groups excluding carboxylic acids is 1. The van der Waals surface area contributed by atoms with Crippen LogP contribution in [0.2, 0.25) is 0 Å². The molecule has 0 aromatic heterocycles. The van der Waals surface area contributed by atoms with Crippen molar-refractivity contribution in [2.75, 3.05) is 18.4 Å². The van der Waals surface area contributed by atoms with Crippen LogP contribution < -0.4 is 10.6 Å². The second-order valence-electron chi connectivity index (χ2n) is 6.60. The molecule has 2 aliphatic rings. The Morgan fingerprint density at radius 3 is 2.90 bits per heavy atom. The summed E-state index contributed by atoms with van der Waals surface area (Å²) in [5, 5.41) is 6.60. The van der Waals surface area contributed by atoms with E-state index in [0.717, 1.165) is 50.9 Å². The first kappa shape index (κ1) is 14.6. The molecular weight excluding hydrogens is 260 g/mol. The van der Waals surface area contributed by atoms with Gasteiger partial charge in [0.05, 0.1) is 5.41 Å². The summed E-state index contributed by atoms with van der Waals surface area (Å²) in [6, 6.07) is 6.43. The lowest BCUT2D eigenvalue weighted by Crippen LogP contribution is -2.48. The van der Waals surface area contributed by atoms with E-state index in [2.05, 4.69) is 35.8 Å². The summed E-state index contributed by atoms with van der Waals surface area (Å²) in [5.74, 6) is 0.203. The summed E-state index contributed by atoms with van der Waals surface area (Å²) in [6.45, 7) is 4.02. The van der Waals surface area contributed by atoms with E-state index in [9.17, 15) is 4.79 Å². The Bertz CT molecular complexity index is 512. The number of hydrogen-bond donors (Lipinski definition) is 2. The molecule has 1 unspecified atom stereocenters. The van der Waals surface area contributed by atoms with Crippen LogP contribution in [-0.2, 0) is 17.6 Å². The lowest BCUT2D eigenvalue weighted by Gasteiger charge is -2.36. The summed E-state index contributed by atoms with van der Waals surface area (Å²) >= 11 is 0. The van der Waals surface area contributed by atoms with Gasteiger partial charge < -0.3 is 10.6 Å². The van der Waals surface area contributed by atoms with Crippen LogP contribution in [0.1, 0.15) is 50.2 Å². The molecule has 1 fully saturated rings. The number of fused-ring (bicyclic) bond motifs is 1. The topological polar surface area (TPSA) is 41.1 Å². The molecule has 1 heterocycles. The van der Waals surface area contributed by atoms with Gasteiger partial charge in [-0.25, -0.2) is 0 Å². The Kier molecular flexibility index (Phi) is 4.29. The molecule has 1 amide bonds. The Hall–Kier alpha value is -1.35. The monoisotopic (exact) mass is 286 g/mol. The van der Waals surface area contributed by atoms with Gasteiger partial charge in [0, 0.05) is 12.2 Å². The fourth-order valence-corrected chi connectivity index (χ4v) is 3.88. The standard InChI is InChI=1S/C18H26N2O/c1-2-9-18(10-4-11-19-13-18)17(21)20-16-8-7-14-5-3-6-15(14)12-16/h7-8,12,19H,2-6,9-11,13H2,1H3,(H,20,21). The number of piperidine rings is 1. The third-order valence-electron chi connectivity index (χ3n) is 5.04. The number of aryl methyl sites for hydroxylation is 2. The Balaban J connectivity index is 1.74. The third kappa shape index (κ3) is 2.98. The molecule has 2 N–H and O–H groups in total. The number of benzene rings is 1. The molecule has 0 bridgehead atoms. The lowest BCUT2D eigenvalue weighted by molar-refractivity contribution is -0.127. The van der Waals surface area contributed by atoms with Gasteiger partial charge in [-0.1, -0.05) is 19.4 Å². The van der Waals surface area contributed by atoms with Crippen molar-refractivity contribution in [1.29, 1.82) is 0 Å². The summed E-state index contributed by atoms with van der Waals surface area (Å²) in [5.41, 5.74) is 3.63. The predicted molar refractivity (Wildman–Crippen MR) is 86.5 cm³/mol. The molecule has 0 spiro atoms. The maximum atomic E-state index is 12.8. The first-order valence-corrected chi connectivity index (χ1v) is 8.37. The van der Waals surface area contributed by atoms with Crippen LogP contribution in [0.15, 0.2) is 18.2 Å². The van der Waals surface area contributed by atoms with E-state index in [4.69, 9.17) is 0 Å². The van der Waals surface area contributed by atoms with E-state index in [0.29, 0.717) is 0 Å². The highest BCUT2D eigenvalue weighted by Crippen LogP contribution is 2.33. The third-order valence-corrected chi connectivity index (χ3v) is 5.04. The smallest absolute Gasteiger partial charge is 0.231 e. The van der Waals surface area contributed by atoms with Crippen LogP contribution >= 0.6 is 0 Å². The molecular formula is C18H26N2O. The molecule has 0 saturated carbocycles. The van der Waals surface area contributed by atoms with Crippen molar-refractivity contribution in [1.82, 2.24) is 5.32 Å². The zero-order valence-corrected chi connectivity index (χ0v) is 13.0. The molecule has 1 saturated heterocycles. The molecule has 1 aliphatic heterocycles. The largest absolute Gasteiger partial charge is 0.326 e. The maximum Gasteiger partial charge on any atom is 0.231 e. The molecule has 3 nitrogen and oxygen atoms in total. The van der Waals surface area contributed by atoms with E-state index < -0.39 is 0 Å². The van der Waals surface area contributed by atoms with Crippen molar-refractivity contribution in [2.24, 2.45) is 5.41 Å². The molecule has 3 rings (SSSR count). The minimum atomic E-state index is -0.216. The molecule has 114 valence electrons. The summed E-state index contributed by atoms with van der Waals surface area (Å²) in [4.78, 5) is 12.8. The number of nitrogens with one attached hydrogen (secondary N) is 2. The van der Waals surface area contributed by atoms with Gasteiger partial charge in [0.25, 0.3) is 0 Å². The van der Waals surface area contributed by atoms with Crippen molar-refractivity contribution in [3.63, 3.8) is 0 Å². The van der Waals surface area contributed by atoms with E-state index in [1.807, 2.05) is 0 Å². The van der Waals surface area contributed by atoms with Crippen LogP contribution in [0.25, 0.3) is 0 Å². The number of rotatable bonds is 4. The van der Waals surface area contributed by atoms with Gasteiger partial charge in [0.2, 0.25) is 5.91 Å². The highest BCUT2D eigenvalue weighted by Gasteiger charge is 2.38. The lowest BCUT2D eigenvalue weighted by atomic mass is 9.76. The first-order chi connectivity index (χ1) is 10.2. The Labute approximate surface area is 127 Å². The zero-order valence-electron chi connectivity index (χ0n) is 13.0. The van der Waals surface area contributed by atoms with Crippen molar-refractivity contribution in [3.05, 3.63) is 29.3 Å². The average molecular weight is 286 g/mol. The Morgan fingerprint density at radius 2 is 2.14 bits per heavy atom. The van der Waals surface area contributed by atoms with Gasteiger partial charge in [-0.15, -0.1) is 0 Å². The number of hydrogen-bond acceptors (Lipinski definition) is 2. The number of amides is 1. The molecule has 1 aromatic rings. The maximum absolute atomic E-state index is 12.8. The summed E-state index contributed by atoms with van der Waals surface area (Å²) in [6.07, 6.45) is 7.71. The van der Waals surface area contributed by atoms with Gasteiger partial charge in [0.1, 0.15) is 0 Å². The fraction of sp³-hybridized carbons (Fsp3) is 0.611. The highest BCUT2D eigenvalue weighted by molar-refractivity contribution is 5.95. The van der Waals surface area contributed by atoms with Crippen LogP contribution in [0.3, 0.4) is 0 Å². The van der Waals surface area contributed by atoms with E-state index in [1.54, 1.807) is 0 Å². The molecule has 0 radical (unpaired) electrons. The van der Waals surface area contributed by atoms with Crippen molar-refractivity contribution in [3.8, 4) is 0 Å². The quantitative estimate of drug-likeness (QED) is 0.892. The second-order valence-corrected chi connectivity index (χ2v) is 6.60. The first-order valence-electron chi connectivity index (χ1n) is 8.37. The van der Waals surface area contributed by atoms with Gasteiger partial charge in [-0.3, -0.25) is 4.79 Å². The van der Waals surface area contributed by atoms with Crippen molar-refractivity contribution in [2.45, 2.75) is 51.9 Å². The molecule has 1 aliphatic carbocycles. The predicted octanol–water partition coefficient (Wildman–Crippen LogP) is 3.28. The van der Waals surface area contributed by atoms with E-state index in [-0.39, 0.29) is 11.3 Å². The van der Waals surface area contributed by atoms with Crippen LogP contribution in [0.4, 0.5) is 5.69 Å². The van der Waals surface area contributed by atoms with Crippen LogP contribution in [0.5, 0.6) is 0 Å². The van der Waals surface area contributed by atoms with Crippen molar-refractivity contribution < 1.29 is 4.79 Å². The molecule has 21 heavy (non-hydrogen) atoms. The molecule has 1 aromatic carbocycles. The minimum absolute atomic E-state index is 0.203. The minimum Gasteiger partial charge on any atom is -0.326 e. The molecule has 1 atom stereocenters. The normalized spacial score (nSPS) is 24.6. The Morgan fingerprint density at radius 1 is 1.29 bits per heavy atom. The zero-order chi connectivity index (χ0) is 14.7. The van der Waals surface area contributed by atoms with E-state index in [1.165, 1.54) is 24.0 Å². The highest BCUT2D eigenvalue weighted by atomic mass is 16.2. The number of carbonyl (C=O) groups is 1. The van der Waals surface area contributed by atoms with E-state index >= 15 is 0 Å². The fourth-order valence-electron chi connectivity index (χ4n) is 3.88. The number of anilines is 1. The second kappa shape index (κ2) is 6.18. The van der Waals surface area contributed by atoms with Gasteiger partial charge in [0.15, 0.2) is 0 Å². The summed E-state index contributed by atoms with van der Waals surface area (Å²) in [7, 11) is 0. The SMILES string of the molecule is CCCC1(C(=O)Nc2ccc3c(c2)CCC3)CCCNC1. The molecule has 3 heteroatoms. The van der Waals surface area contributed by atoms with Crippen LogP contribution in [-0.4, -0.2) is 19.0 Å². The average Bonchev–Trinajstić information content (AvgIpc) is 2.96. The van der Waals surface area contributed by atoms with Gasteiger partial charge in [-0.05, 0) is 68.3 Å².